The molecule has 7 heteroatoms. The number of hydrogen-bond donors (Lipinski definition) is 2. The summed E-state index contributed by atoms with van der Waals surface area (Å²) in [7, 11) is 0. The molecule has 0 aromatic carbocycles. The molecular weight excluding hydrogens is 340 g/mol. The summed E-state index contributed by atoms with van der Waals surface area (Å²) in [5.74, 6) is 2.46. The highest BCUT2D eigenvalue weighted by Gasteiger charge is 2.20. The van der Waals surface area contributed by atoms with Crippen LogP contribution in [0, 0.1) is 6.92 Å². The molecule has 1 fully saturated rings. The zero-order valence-electron chi connectivity index (χ0n) is 14.8. The van der Waals surface area contributed by atoms with E-state index in [-0.39, 0.29) is 5.41 Å². The Morgan fingerprint density at radius 1 is 1.46 bits per heavy atom. The monoisotopic (exact) mass is 366 g/mol. The number of nitrogens with zero attached hydrogens (tertiary/aromatic N) is 2. The van der Waals surface area contributed by atoms with Crippen LogP contribution in [0.15, 0.2) is 14.8 Å². The second-order valence-electron chi connectivity index (χ2n) is 7.24. The van der Waals surface area contributed by atoms with Gasteiger partial charge in [0.2, 0.25) is 5.89 Å². The van der Waals surface area contributed by atoms with Crippen molar-refractivity contribution < 1.29 is 4.42 Å². The third-order valence-electron chi connectivity index (χ3n) is 4.00. The molecule has 1 atom stereocenters. The Morgan fingerprint density at radius 2 is 2.29 bits per heavy atom. The van der Waals surface area contributed by atoms with Gasteiger partial charge in [-0.2, -0.15) is 0 Å². The molecule has 1 aliphatic heterocycles. The van der Waals surface area contributed by atoms with E-state index < -0.39 is 0 Å². The van der Waals surface area contributed by atoms with Crippen LogP contribution in [0.1, 0.15) is 51.0 Å². The van der Waals surface area contributed by atoms with Gasteiger partial charge in [0, 0.05) is 18.0 Å². The van der Waals surface area contributed by atoms with Crippen molar-refractivity contribution in [3.8, 4) is 0 Å². The summed E-state index contributed by atoms with van der Waals surface area (Å²) in [5.41, 5.74) is 1.08. The lowest BCUT2D eigenvalue weighted by atomic mass is 9.94. The third kappa shape index (κ3) is 4.52. The van der Waals surface area contributed by atoms with Gasteiger partial charge in [0.15, 0.2) is 5.13 Å². The highest BCUT2D eigenvalue weighted by atomic mass is 32.2. The first-order valence-corrected chi connectivity index (χ1v) is 10.2. The van der Waals surface area contributed by atoms with Crippen LogP contribution >= 0.6 is 23.1 Å². The first-order chi connectivity index (χ1) is 11.4. The fourth-order valence-electron chi connectivity index (χ4n) is 2.58. The number of aromatic nitrogens is 2. The van der Waals surface area contributed by atoms with Gasteiger partial charge in [0.05, 0.1) is 21.9 Å². The SMILES string of the molecule is Cc1nc(NC2CCCNC2)sc1SCc1ncc(C(C)(C)C)o1. The maximum Gasteiger partial charge on any atom is 0.204 e. The molecule has 132 valence electrons. The molecule has 0 spiro atoms. The number of aryl methyl sites for hydroxylation is 1. The molecule has 0 saturated carbocycles. The maximum atomic E-state index is 5.87. The molecule has 0 bridgehead atoms. The summed E-state index contributed by atoms with van der Waals surface area (Å²) in [4.78, 5) is 9.07. The van der Waals surface area contributed by atoms with Crippen molar-refractivity contribution in [1.82, 2.24) is 15.3 Å². The van der Waals surface area contributed by atoms with Crippen molar-refractivity contribution in [2.45, 2.75) is 62.0 Å². The zero-order valence-corrected chi connectivity index (χ0v) is 16.4. The lowest BCUT2D eigenvalue weighted by molar-refractivity contribution is 0.391. The van der Waals surface area contributed by atoms with Gasteiger partial charge in [0.1, 0.15) is 5.76 Å². The molecular formula is C17H26N4OS2. The lowest BCUT2D eigenvalue weighted by Crippen LogP contribution is -2.38. The lowest BCUT2D eigenvalue weighted by Gasteiger charge is -2.23. The van der Waals surface area contributed by atoms with E-state index in [2.05, 4.69) is 48.3 Å². The van der Waals surface area contributed by atoms with Crippen molar-refractivity contribution in [2.24, 2.45) is 0 Å². The van der Waals surface area contributed by atoms with Gasteiger partial charge in [0.25, 0.3) is 0 Å². The minimum atomic E-state index is 0.00143. The summed E-state index contributed by atoms with van der Waals surface area (Å²) in [6.45, 7) is 10.6. The Labute approximate surface area is 152 Å². The van der Waals surface area contributed by atoms with E-state index >= 15 is 0 Å². The molecule has 1 aliphatic rings. The standard InChI is InChI=1S/C17H26N4OS2/c1-11-15(23-10-14-19-9-13(22-14)17(2,3)4)24-16(20-11)21-12-6-5-7-18-8-12/h9,12,18H,5-8,10H2,1-4H3,(H,20,21). The van der Waals surface area contributed by atoms with Crippen LogP contribution in [0.5, 0.6) is 0 Å². The van der Waals surface area contributed by atoms with Gasteiger partial charge in [-0.05, 0) is 26.3 Å². The van der Waals surface area contributed by atoms with Crippen molar-refractivity contribution in [3.63, 3.8) is 0 Å². The first kappa shape index (κ1) is 17.8. The van der Waals surface area contributed by atoms with Crippen molar-refractivity contribution in [2.75, 3.05) is 18.4 Å². The number of anilines is 1. The molecule has 0 radical (unpaired) electrons. The predicted octanol–water partition coefficient (Wildman–Crippen LogP) is 4.19. The number of piperidine rings is 1. The molecule has 5 nitrogen and oxygen atoms in total. The molecule has 2 N–H and O–H groups in total. The largest absolute Gasteiger partial charge is 0.444 e. The van der Waals surface area contributed by atoms with Gasteiger partial charge in [-0.15, -0.1) is 11.8 Å². The number of hydrogen-bond acceptors (Lipinski definition) is 7. The van der Waals surface area contributed by atoms with Crippen molar-refractivity contribution in [1.29, 1.82) is 0 Å². The van der Waals surface area contributed by atoms with Gasteiger partial charge >= 0.3 is 0 Å². The fourth-order valence-corrected chi connectivity index (χ4v) is 4.65. The molecule has 3 heterocycles. The zero-order chi connectivity index (χ0) is 17.2. The second kappa shape index (κ2) is 7.45. The van der Waals surface area contributed by atoms with E-state index in [4.69, 9.17) is 4.42 Å². The highest BCUT2D eigenvalue weighted by molar-refractivity contribution is 8.00. The van der Waals surface area contributed by atoms with Crippen molar-refractivity contribution in [3.05, 3.63) is 23.5 Å². The van der Waals surface area contributed by atoms with E-state index in [0.29, 0.717) is 6.04 Å². The summed E-state index contributed by atoms with van der Waals surface area (Å²) < 4.78 is 7.10. The van der Waals surface area contributed by atoms with E-state index in [1.807, 2.05) is 6.20 Å². The molecule has 24 heavy (non-hydrogen) atoms. The number of nitrogens with one attached hydrogen (secondary N) is 2. The Bertz CT molecular complexity index is 668. The van der Waals surface area contributed by atoms with Gasteiger partial charge < -0.3 is 15.1 Å². The maximum absolute atomic E-state index is 5.87. The molecule has 2 aromatic rings. The minimum absolute atomic E-state index is 0.00143. The predicted molar refractivity (Wildman–Crippen MR) is 101 cm³/mol. The summed E-state index contributed by atoms with van der Waals surface area (Å²) in [6, 6.07) is 0.489. The normalized spacial score (nSPS) is 18.8. The van der Waals surface area contributed by atoms with Crippen LogP contribution in [-0.4, -0.2) is 29.1 Å². The summed E-state index contributed by atoms with van der Waals surface area (Å²) in [5, 5.41) is 8.00. The number of thiazole rings is 1. The molecule has 3 rings (SSSR count). The third-order valence-corrected chi connectivity index (χ3v) is 6.43. The minimum Gasteiger partial charge on any atom is -0.444 e. The molecule has 2 aromatic heterocycles. The smallest absolute Gasteiger partial charge is 0.204 e. The van der Waals surface area contributed by atoms with E-state index in [9.17, 15) is 0 Å². The summed E-state index contributed by atoms with van der Waals surface area (Å²) in [6.07, 6.45) is 4.28. The Balaban J connectivity index is 1.58. The average molecular weight is 367 g/mol. The van der Waals surface area contributed by atoms with E-state index in [0.717, 1.165) is 41.3 Å². The molecule has 1 unspecified atom stereocenters. The van der Waals surface area contributed by atoms with Crippen molar-refractivity contribution >= 4 is 28.2 Å². The molecule has 0 aliphatic carbocycles. The number of thioether (sulfide) groups is 1. The highest BCUT2D eigenvalue weighted by Crippen LogP contribution is 2.35. The Kier molecular flexibility index (Phi) is 5.52. The Morgan fingerprint density at radius 3 is 2.96 bits per heavy atom. The van der Waals surface area contributed by atoms with Gasteiger partial charge in [-0.25, -0.2) is 9.97 Å². The topological polar surface area (TPSA) is 63.0 Å². The fraction of sp³-hybridized carbons (Fsp3) is 0.647. The Hall–Kier alpha value is -1.05. The van der Waals surface area contributed by atoms with Crippen LogP contribution in [0.4, 0.5) is 5.13 Å². The summed E-state index contributed by atoms with van der Waals surface area (Å²) >= 11 is 3.48. The van der Waals surface area contributed by atoms with Crippen LogP contribution in [0.3, 0.4) is 0 Å². The number of rotatable bonds is 5. The van der Waals surface area contributed by atoms with Gasteiger partial charge in [-0.1, -0.05) is 32.1 Å². The van der Waals surface area contributed by atoms with Gasteiger partial charge in [-0.3, -0.25) is 0 Å². The van der Waals surface area contributed by atoms with Crippen LogP contribution in [-0.2, 0) is 11.2 Å². The second-order valence-corrected chi connectivity index (χ2v) is 9.48. The quantitative estimate of drug-likeness (QED) is 0.774. The van der Waals surface area contributed by atoms with Crippen LogP contribution in [0.25, 0.3) is 0 Å². The van der Waals surface area contributed by atoms with Crippen LogP contribution < -0.4 is 10.6 Å². The average Bonchev–Trinajstić information content (AvgIpc) is 3.13. The van der Waals surface area contributed by atoms with E-state index in [1.165, 1.54) is 17.1 Å². The van der Waals surface area contributed by atoms with E-state index in [1.54, 1.807) is 23.1 Å². The number of oxazole rings is 1. The molecule has 1 saturated heterocycles. The first-order valence-electron chi connectivity index (χ1n) is 8.44. The van der Waals surface area contributed by atoms with Crippen LogP contribution in [0.2, 0.25) is 0 Å². The molecule has 0 amide bonds.